The summed E-state index contributed by atoms with van der Waals surface area (Å²) in [5.74, 6) is 0.0403. The van der Waals surface area contributed by atoms with Crippen LogP contribution in [0.3, 0.4) is 0 Å². The van der Waals surface area contributed by atoms with Gasteiger partial charge in [0.2, 0.25) is 11.9 Å². The van der Waals surface area contributed by atoms with Crippen LogP contribution in [-0.4, -0.2) is 57.0 Å². The van der Waals surface area contributed by atoms with Crippen molar-refractivity contribution in [3.05, 3.63) is 51.7 Å². The van der Waals surface area contributed by atoms with Gasteiger partial charge in [-0.15, -0.1) is 0 Å². The van der Waals surface area contributed by atoms with Crippen LogP contribution in [0, 0.1) is 5.92 Å². The maximum absolute atomic E-state index is 13.2. The number of H-pyrrole nitrogens is 1. The third-order valence-corrected chi connectivity index (χ3v) is 7.34. The first kappa shape index (κ1) is 25.5. The molecule has 2 atom stereocenters. The molecule has 0 spiro atoms. The summed E-state index contributed by atoms with van der Waals surface area (Å²) in [4.78, 5) is 38.2. The number of nitrogens with one attached hydrogen (secondary N) is 2. The van der Waals surface area contributed by atoms with Crippen LogP contribution in [0.25, 0.3) is 0 Å². The number of alkyl halides is 6. The Morgan fingerprint density at radius 3 is 2.22 bits per heavy atom. The predicted octanol–water partition coefficient (Wildman–Crippen LogP) is 2.95. The van der Waals surface area contributed by atoms with Crippen molar-refractivity contribution in [3.8, 4) is 0 Å². The molecule has 37 heavy (non-hydrogen) atoms. The Morgan fingerprint density at radius 1 is 1.03 bits per heavy atom. The van der Waals surface area contributed by atoms with E-state index in [9.17, 15) is 35.9 Å². The van der Waals surface area contributed by atoms with Crippen molar-refractivity contribution in [1.29, 1.82) is 0 Å². The Labute approximate surface area is 207 Å². The Morgan fingerprint density at radius 2 is 1.65 bits per heavy atom. The molecule has 1 aliphatic carbocycles. The highest BCUT2D eigenvalue weighted by molar-refractivity contribution is 5.81. The third kappa shape index (κ3) is 5.15. The SMILES string of the molecule is O=C(C1CC(NCc2c[nH]c(=O)c(C(F)(F)F)c2)C1)N1C2CC[C@@H]1CN(c1ncc(C(F)(F)F)cn1)C2. The van der Waals surface area contributed by atoms with E-state index in [1.54, 1.807) is 0 Å². The van der Waals surface area contributed by atoms with Crippen molar-refractivity contribution < 1.29 is 31.1 Å². The van der Waals surface area contributed by atoms with Crippen molar-refractivity contribution in [3.63, 3.8) is 0 Å². The highest BCUT2D eigenvalue weighted by Crippen LogP contribution is 2.38. The van der Waals surface area contributed by atoms with E-state index in [1.807, 2.05) is 9.80 Å². The number of carbonyl (C=O) groups excluding carboxylic acids is 1. The van der Waals surface area contributed by atoms with E-state index in [-0.39, 0.29) is 42.4 Å². The summed E-state index contributed by atoms with van der Waals surface area (Å²) in [6.45, 7) is 1.01. The van der Waals surface area contributed by atoms with Gasteiger partial charge in [-0.1, -0.05) is 0 Å². The number of rotatable bonds is 5. The molecule has 8 nitrogen and oxygen atoms in total. The van der Waals surface area contributed by atoms with Crippen molar-refractivity contribution in [1.82, 2.24) is 25.2 Å². The lowest BCUT2D eigenvalue weighted by Gasteiger charge is -2.45. The van der Waals surface area contributed by atoms with Crippen LogP contribution in [-0.2, 0) is 23.7 Å². The van der Waals surface area contributed by atoms with Gasteiger partial charge >= 0.3 is 12.4 Å². The number of aromatic nitrogens is 3. The van der Waals surface area contributed by atoms with Crippen molar-refractivity contribution in [2.75, 3.05) is 18.0 Å². The lowest BCUT2D eigenvalue weighted by atomic mass is 9.78. The summed E-state index contributed by atoms with van der Waals surface area (Å²) in [5.41, 5.74) is -3.06. The van der Waals surface area contributed by atoms with Crippen LogP contribution >= 0.6 is 0 Å². The van der Waals surface area contributed by atoms with Gasteiger partial charge in [-0.2, -0.15) is 26.3 Å². The molecule has 2 aliphatic heterocycles. The molecule has 2 saturated heterocycles. The number of anilines is 1. The van der Waals surface area contributed by atoms with E-state index in [4.69, 9.17) is 0 Å². The lowest BCUT2D eigenvalue weighted by Crippen LogP contribution is -2.59. The quantitative estimate of drug-likeness (QED) is 0.578. The number of nitrogens with zero attached hydrogens (tertiary/aromatic N) is 4. The van der Waals surface area contributed by atoms with Gasteiger partial charge in [0.05, 0.1) is 5.56 Å². The van der Waals surface area contributed by atoms with Gasteiger partial charge in [-0.25, -0.2) is 9.97 Å². The highest BCUT2D eigenvalue weighted by atomic mass is 19.4. The zero-order valence-corrected chi connectivity index (χ0v) is 19.4. The molecule has 4 heterocycles. The van der Waals surface area contributed by atoms with E-state index < -0.39 is 29.0 Å². The summed E-state index contributed by atoms with van der Waals surface area (Å²) >= 11 is 0. The number of hydrogen-bond acceptors (Lipinski definition) is 6. The number of carbonyl (C=O) groups is 1. The number of amides is 1. The standard InChI is InChI=1S/C23H24F6N6O2/c24-22(25,26)14-8-32-21(33-9-14)34-10-16-1-2-17(11-34)35(16)20(37)13-4-15(5-13)30-6-12-3-18(23(27,28)29)19(36)31-7-12/h3,7-9,13,15-17,30H,1-2,4-6,10-11H2,(H,31,36)/t13?,15?,16-,17?/m1/s1. The number of fused-ring (bicyclic) bond motifs is 2. The van der Waals surface area contributed by atoms with Crippen LogP contribution in [0.15, 0.2) is 29.5 Å². The Balaban J connectivity index is 1.13. The molecule has 0 aromatic carbocycles. The van der Waals surface area contributed by atoms with Gasteiger partial charge in [-0.3, -0.25) is 9.59 Å². The van der Waals surface area contributed by atoms with Gasteiger partial charge in [0.15, 0.2) is 0 Å². The van der Waals surface area contributed by atoms with E-state index in [1.165, 1.54) is 6.20 Å². The second-order valence-corrected chi connectivity index (χ2v) is 9.80. The van der Waals surface area contributed by atoms with Crippen molar-refractivity contribution in [2.45, 2.75) is 62.7 Å². The molecule has 1 unspecified atom stereocenters. The summed E-state index contributed by atoms with van der Waals surface area (Å²) in [6, 6.07) is 0.636. The molecule has 3 aliphatic rings. The Kier molecular flexibility index (Phi) is 6.40. The fourth-order valence-electron chi connectivity index (χ4n) is 5.36. The number of aromatic amines is 1. The largest absolute Gasteiger partial charge is 0.421 e. The molecule has 14 heteroatoms. The molecule has 5 rings (SSSR count). The van der Waals surface area contributed by atoms with Crippen molar-refractivity contribution in [2.24, 2.45) is 5.92 Å². The Bertz CT molecular complexity index is 1190. The molecular formula is C23H24F6N6O2. The molecule has 2 aromatic rings. The third-order valence-electron chi connectivity index (χ3n) is 7.34. The van der Waals surface area contributed by atoms with Gasteiger partial charge < -0.3 is 20.1 Å². The predicted molar refractivity (Wildman–Crippen MR) is 118 cm³/mol. The van der Waals surface area contributed by atoms with Crippen LogP contribution in [0.5, 0.6) is 0 Å². The molecule has 0 radical (unpaired) electrons. The monoisotopic (exact) mass is 530 g/mol. The van der Waals surface area contributed by atoms with Crippen LogP contribution in [0.1, 0.15) is 42.4 Å². The van der Waals surface area contributed by atoms with Crippen LogP contribution < -0.4 is 15.8 Å². The minimum Gasteiger partial charge on any atom is -0.337 e. The highest BCUT2D eigenvalue weighted by Gasteiger charge is 2.47. The molecule has 1 saturated carbocycles. The summed E-state index contributed by atoms with van der Waals surface area (Å²) in [5, 5.41) is 3.14. The van der Waals surface area contributed by atoms with Crippen LogP contribution in [0.2, 0.25) is 0 Å². The first-order valence-electron chi connectivity index (χ1n) is 11.9. The van der Waals surface area contributed by atoms with Gasteiger partial charge in [-0.05, 0) is 37.3 Å². The van der Waals surface area contributed by atoms with Gasteiger partial charge in [0, 0.05) is 62.3 Å². The molecule has 2 N–H and O–H groups in total. The zero-order chi connectivity index (χ0) is 26.5. The summed E-state index contributed by atoms with van der Waals surface area (Å²) in [7, 11) is 0. The number of pyridine rings is 1. The average Bonchev–Trinajstić information content (AvgIpc) is 3.06. The average molecular weight is 530 g/mol. The normalized spacial score (nSPS) is 25.8. The smallest absolute Gasteiger partial charge is 0.337 e. The summed E-state index contributed by atoms with van der Waals surface area (Å²) < 4.78 is 77.2. The molecule has 1 amide bonds. The van der Waals surface area contributed by atoms with E-state index in [2.05, 4.69) is 20.3 Å². The maximum atomic E-state index is 13.2. The van der Waals surface area contributed by atoms with Crippen molar-refractivity contribution >= 4 is 11.9 Å². The summed E-state index contributed by atoms with van der Waals surface area (Å²) in [6.07, 6.45) is -3.80. The fraction of sp³-hybridized carbons (Fsp3) is 0.565. The molecule has 2 bridgehead atoms. The Hall–Kier alpha value is -3.16. The lowest BCUT2D eigenvalue weighted by molar-refractivity contribution is -0.143. The van der Waals surface area contributed by atoms with Crippen LogP contribution in [0.4, 0.5) is 32.3 Å². The van der Waals surface area contributed by atoms with Gasteiger partial charge in [0.25, 0.3) is 5.56 Å². The second kappa shape index (κ2) is 9.30. The van der Waals surface area contributed by atoms with E-state index >= 15 is 0 Å². The minimum atomic E-state index is -4.74. The molecule has 3 fully saturated rings. The number of hydrogen-bond donors (Lipinski definition) is 2. The molecular weight excluding hydrogens is 506 g/mol. The number of piperazine rings is 1. The van der Waals surface area contributed by atoms with E-state index in [0.29, 0.717) is 31.5 Å². The van der Waals surface area contributed by atoms with Gasteiger partial charge in [0.1, 0.15) is 5.56 Å². The molecule has 2 aromatic heterocycles. The first-order chi connectivity index (χ1) is 17.4. The topological polar surface area (TPSA) is 94.2 Å². The van der Waals surface area contributed by atoms with E-state index in [0.717, 1.165) is 31.3 Å². The minimum absolute atomic E-state index is 0.0296. The second-order valence-electron chi connectivity index (χ2n) is 9.80. The first-order valence-corrected chi connectivity index (χ1v) is 11.9. The molecule has 200 valence electrons. The fourth-order valence-corrected chi connectivity index (χ4v) is 5.36. The zero-order valence-electron chi connectivity index (χ0n) is 19.4. The maximum Gasteiger partial charge on any atom is 0.421 e. The number of halogens is 6.